The van der Waals surface area contributed by atoms with Gasteiger partial charge in [-0.25, -0.2) is 0 Å². The van der Waals surface area contributed by atoms with Crippen molar-refractivity contribution in [1.29, 1.82) is 0 Å². The van der Waals surface area contributed by atoms with E-state index in [0.717, 1.165) is 6.66 Å². The molecule has 9 heteroatoms. The fourth-order valence-electron chi connectivity index (χ4n) is 1.06. The Labute approximate surface area is 110 Å². The zero-order chi connectivity index (χ0) is 13.8. The number of hydrogen-bond acceptors (Lipinski definition) is 6. The maximum absolute atomic E-state index is 11.8. The topological polar surface area (TPSA) is 89.9 Å². The monoisotopic (exact) mass is 312 g/mol. The van der Waals surface area contributed by atoms with Gasteiger partial charge in [0.05, 0.1) is 0 Å². The van der Waals surface area contributed by atoms with E-state index in [2.05, 4.69) is 9.01 Å². The van der Waals surface area contributed by atoms with Gasteiger partial charge in [0.2, 0.25) is 0 Å². The van der Waals surface area contributed by atoms with Crippen molar-refractivity contribution in [1.82, 2.24) is 0 Å². The molecule has 18 heavy (non-hydrogen) atoms. The molecule has 0 fully saturated rings. The minimum Gasteiger partial charge on any atom is -0.323 e. The summed E-state index contributed by atoms with van der Waals surface area (Å²) in [6, 6.07) is 6.18. The Balaban J connectivity index is 3.01. The summed E-state index contributed by atoms with van der Waals surface area (Å²) >= 11 is 1.32. The molecule has 1 aromatic rings. The summed E-state index contributed by atoms with van der Waals surface area (Å²) in [5, 5.41) is 0. The molecule has 1 rings (SSSR count). The van der Waals surface area contributed by atoms with E-state index in [0.29, 0.717) is 10.6 Å². The van der Waals surface area contributed by atoms with Gasteiger partial charge in [-0.3, -0.25) is 4.57 Å². The lowest BCUT2D eigenvalue weighted by molar-refractivity contribution is -0.101. The van der Waals surface area contributed by atoms with E-state index in [1.165, 1.54) is 23.9 Å². The van der Waals surface area contributed by atoms with Gasteiger partial charge < -0.3 is 4.89 Å². The molecule has 0 spiro atoms. The van der Waals surface area contributed by atoms with Gasteiger partial charge in [-0.05, 0) is 17.9 Å². The maximum atomic E-state index is 11.8. The van der Waals surface area contributed by atoms with Gasteiger partial charge >= 0.3 is 17.7 Å². The first-order valence-electron chi connectivity index (χ1n) is 4.91. The Morgan fingerprint density at radius 1 is 1.39 bits per heavy atom. The van der Waals surface area contributed by atoms with Crippen LogP contribution in [0.2, 0.25) is 0 Å². The van der Waals surface area contributed by atoms with E-state index in [1.807, 2.05) is 6.92 Å². The zero-order valence-electron chi connectivity index (χ0n) is 9.77. The second-order valence-corrected chi connectivity index (χ2v) is 7.82. The number of rotatable bonds is 6. The molecule has 1 aromatic carbocycles. The standard InChI is InChI=1S/C9H13O6PS2/c1-3-17-8-6-4-5-7-9(8)18(12,13)15-14-16(2,10)11/h4-7H,3H2,1-2H3,(H,10,11). The molecule has 1 atom stereocenters. The van der Waals surface area contributed by atoms with Crippen molar-refractivity contribution in [2.24, 2.45) is 0 Å². The third-order valence-corrected chi connectivity index (χ3v) is 4.36. The summed E-state index contributed by atoms with van der Waals surface area (Å²) in [4.78, 5) is 9.24. The number of hydrogen-bond donors (Lipinski definition) is 1. The van der Waals surface area contributed by atoms with E-state index in [4.69, 9.17) is 4.89 Å². The van der Waals surface area contributed by atoms with Crippen LogP contribution < -0.4 is 0 Å². The molecule has 0 heterocycles. The molecule has 0 amide bonds. The second kappa shape index (κ2) is 6.18. The third-order valence-electron chi connectivity index (χ3n) is 1.68. The molecule has 0 aliphatic carbocycles. The third kappa shape index (κ3) is 4.72. The minimum absolute atomic E-state index is 0.0923. The molecular formula is C9H13O6PS2. The zero-order valence-corrected chi connectivity index (χ0v) is 12.3. The predicted molar refractivity (Wildman–Crippen MR) is 67.9 cm³/mol. The van der Waals surface area contributed by atoms with Gasteiger partial charge in [0.15, 0.2) is 0 Å². The Morgan fingerprint density at radius 2 is 2.00 bits per heavy atom. The molecule has 102 valence electrons. The van der Waals surface area contributed by atoms with Crippen LogP contribution in [0.4, 0.5) is 0 Å². The second-order valence-electron chi connectivity index (χ2n) is 3.28. The lowest BCUT2D eigenvalue weighted by Crippen LogP contribution is -2.07. The first-order chi connectivity index (χ1) is 8.26. The van der Waals surface area contributed by atoms with Gasteiger partial charge in [0, 0.05) is 11.6 Å². The molecule has 0 saturated carbocycles. The van der Waals surface area contributed by atoms with Gasteiger partial charge in [-0.15, -0.1) is 16.4 Å². The highest BCUT2D eigenvalue weighted by Gasteiger charge is 2.24. The number of benzene rings is 1. The van der Waals surface area contributed by atoms with Crippen LogP contribution >= 0.6 is 19.4 Å². The summed E-state index contributed by atoms with van der Waals surface area (Å²) in [5.41, 5.74) is 0. The molecule has 6 nitrogen and oxygen atoms in total. The van der Waals surface area contributed by atoms with Crippen LogP contribution in [0.25, 0.3) is 0 Å². The molecule has 0 bridgehead atoms. The molecular weight excluding hydrogens is 299 g/mol. The fraction of sp³-hybridized carbons (Fsp3) is 0.333. The summed E-state index contributed by atoms with van der Waals surface area (Å²) in [6.45, 7) is 2.70. The van der Waals surface area contributed by atoms with Crippen molar-refractivity contribution in [2.75, 3.05) is 12.4 Å². The van der Waals surface area contributed by atoms with Gasteiger partial charge in [0.25, 0.3) is 0 Å². The Hall–Kier alpha value is -0.370. The maximum Gasteiger partial charge on any atom is 0.354 e. The Morgan fingerprint density at radius 3 is 2.56 bits per heavy atom. The van der Waals surface area contributed by atoms with E-state index in [-0.39, 0.29) is 4.90 Å². The molecule has 1 N–H and O–H groups in total. The molecule has 0 aromatic heterocycles. The minimum atomic E-state index is -4.22. The van der Waals surface area contributed by atoms with Crippen molar-refractivity contribution in [3.05, 3.63) is 24.3 Å². The highest BCUT2D eigenvalue weighted by molar-refractivity contribution is 8.00. The van der Waals surface area contributed by atoms with E-state index in [1.54, 1.807) is 12.1 Å². The van der Waals surface area contributed by atoms with E-state index in [9.17, 15) is 13.0 Å². The van der Waals surface area contributed by atoms with Gasteiger partial charge in [0.1, 0.15) is 4.90 Å². The Kier molecular flexibility index (Phi) is 5.39. The van der Waals surface area contributed by atoms with Gasteiger partial charge in [-0.1, -0.05) is 23.4 Å². The fourth-order valence-corrected chi connectivity index (χ4v) is 3.65. The van der Waals surface area contributed by atoms with Crippen molar-refractivity contribution in [3.63, 3.8) is 0 Å². The lowest BCUT2D eigenvalue weighted by Gasteiger charge is -2.09. The van der Waals surface area contributed by atoms with Crippen LogP contribution in [0.1, 0.15) is 6.92 Å². The van der Waals surface area contributed by atoms with Crippen molar-refractivity contribution < 1.29 is 26.9 Å². The van der Waals surface area contributed by atoms with Crippen LogP contribution in [0.15, 0.2) is 34.1 Å². The molecule has 0 aliphatic rings. The van der Waals surface area contributed by atoms with Crippen molar-refractivity contribution >= 4 is 29.5 Å². The summed E-state index contributed by atoms with van der Waals surface area (Å²) < 4.78 is 42.5. The van der Waals surface area contributed by atoms with Crippen LogP contribution in [0.5, 0.6) is 0 Å². The van der Waals surface area contributed by atoms with Crippen LogP contribution in [-0.2, 0) is 23.7 Å². The largest absolute Gasteiger partial charge is 0.354 e. The lowest BCUT2D eigenvalue weighted by atomic mass is 10.4. The molecule has 0 aliphatic heterocycles. The first-order valence-corrected chi connectivity index (χ1v) is 9.33. The van der Waals surface area contributed by atoms with Gasteiger partial charge in [-0.2, -0.15) is 8.42 Å². The predicted octanol–water partition coefficient (Wildman–Crippen LogP) is 2.25. The summed E-state index contributed by atoms with van der Waals surface area (Å²) in [7, 11) is -8.24. The van der Waals surface area contributed by atoms with Crippen molar-refractivity contribution in [3.8, 4) is 0 Å². The van der Waals surface area contributed by atoms with Crippen molar-refractivity contribution in [2.45, 2.75) is 16.7 Å². The normalized spacial score (nSPS) is 15.3. The quantitative estimate of drug-likeness (QED) is 0.373. The van der Waals surface area contributed by atoms with Crippen LogP contribution in [0.3, 0.4) is 0 Å². The number of thioether (sulfide) groups is 1. The average Bonchev–Trinajstić information content (AvgIpc) is 2.27. The summed E-state index contributed by atoms with van der Waals surface area (Å²) in [5.74, 6) is 0.680. The van der Waals surface area contributed by atoms with E-state index < -0.39 is 17.7 Å². The molecule has 1 unspecified atom stereocenters. The van der Waals surface area contributed by atoms with Crippen LogP contribution in [-0.4, -0.2) is 25.7 Å². The molecule has 0 saturated heterocycles. The Bertz CT molecular complexity index is 550. The summed E-state index contributed by atoms with van der Waals surface area (Å²) in [6.07, 6.45) is 0. The smallest absolute Gasteiger partial charge is 0.323 e. The van der Waals surface area contributed by atoms with Crippen LogP contribution in [0, 0.1) is 0 Å². The first kappa shape index (κ1) is 15.7. The SMILES string of the molecule is CCSc1ccccc1S(=O)(=O)OOP(C)(=O)O. The highest BCUT2D eigenvalue weighted by atomic mass is 32.2. The molecule has 0 radical (unpaired) electrons. The average molecular weight is 312 g/mol. The van der Waals surface area contributed by atoms with E-state index >= 15 is 0 Å². The highest BCUT2D eigenvalue weighted by Crippen LogP contribution is 2.38.